The van der Waals surface area contributed by atoms with Crippen LogP contribution in [-0.2, 0) is 4.79 Å². The lowest BCUT2D eigenvalue weighted by atomic mass is 10.0. The first kappa shape index (κ1) is 14.3. The maximum Gasteiger partial charge on any atom is 0.303 e. The van der Waals surface area contributed by atoms with Gasteiger partial charge in [-0.2, -0.15) is 0 Å². The van der Waals surface area contributed by atoms with E-state index in [2.05, 4.69) is 0 Å². The van der Waals surface area contributed by atoms with Crippen LogP contribution in [0.4, 0.5) is 0 Å². The van der Waals surface area contributed by atoms with Crippen LogP contribution in [-0.4, -0.2) is 30.4 Å². The van der Waals surface area contributed by atoms with Crippen molar-refractivity contribution in [1.82, 2.24) is 0 Å². The number of rotatable bonds is 7. The Bertz CT molecular complexity index is 402. The smallest absolute Gasteiger partial charge is 0.303 e. The number of carbonyl (C=O) groups is 1. The minimum atomic E-state index is -0.861. The molecule has 0 amide bonds. The first-order valence-electron chi connectivity index (χ1n) is 5.70. The van der Waals surface area contributed by atoms with Crippen molar-refractivity contribution in [2.45, 2.75) is 25.4 Å². The molecule has 1 rings (SSSR count). The summed E-state index contributed by atoms with van der Waals surface area (Å²) in [6.07, 6.45) is 0.0742. The van der Waals surface area contributed by atoms with Gasteiger partial charge >= 0.3 is 5.97 Å². The lowest BCUT2D eigenvalue weighted by molar-refractivity contribution is -0.137. The van der Waals surface area contributed by atoms with Crippen molar-refractivity contribution in [3.8, 4) is 11.5 Å². The quantitative estimate of drug-likeness (QED) is 0.778. The fourth-order valence-electron chi connectivity index (χ4n) is 1.70. The summed E-state index contributed by atoms with van der Waals surface area (Å²) >= 11 is 0. The van der Waals surface area contributed by atoms with Gasteiger partial charge < -0.3 is 19.7 Å². The third kappa shape index (κ3) is 3.92. The van der Waals surface area contributed by atoms with Crippen LogP contribution in [0.3, 0.4) is 0 Å². The van der Waals surface area contributed by atoms with Gasteiger partial charge in [0.1, 0.15) is 11.5 Å². The molecule has 1 aromatic rings. The van der Waals surface area contributed by atoms with Gasteiger partial charge in [0.2, 0.25) is 0 Å². The maximum absolute atomic E-state index is 10.4. The minimum Gasteiger partial charge on any atom is -0.497 e. The summed E-state index contributed by atoms with van der Waals surface area (Å²) in [5, 5.41) is 18.6. The van der Waals surface area contributed by atoms with Gasteiger partial charge in [-0.25, -0.2) is 0 Å². The van der Waals surface area contributed by atoms with Crippen molar-refractivity contribution >= 4 is 5.97 Å². The second-order valence-corrected chi connectivity index (χ2v) is 3.91. The highest BCUT2D eigenvalue weighted by atomic mass is 16.5. The lowest BCUT2D eigenvalue weighted by Crippen LogP contribution is -2.03. The molecular weight excluding hydrogens is 236 g/mol. The molecule has 2 N–H and O–H groups in total. The van der Waals surface area contributed by atoms with Crippen molar-refractivity contribution in [2.24, 2.45) is 0 Å². The number of carboxylic acid groups (broad SMARTS) is 1. The Kier molecular flexibility index (Phi) is 5.45. The lowest BCUT2D eigenvalue weighted by Gasteiger charge is -2.15. The molecule has 100 valence electrons. The van der Waals surface area contributed by atoms with E-state index in [1.807, 2.05) is 0 Å². The van der Waals surface area contributed by atoms with Gasteiger partial charge in [-0.05, 0) is 31.0 Å². The SMILES string of the molecule is COc1ccc(OC)c(C(O)CCCC(=O)O)c1. The molecule has 1 atom stereocenters. The zero-order valence-corrected chi connectivity index (χ0v) is 10.5. The van der Waals surface area contributed by atoms with Crippen molar-refractivity contribution in [3.63, 3.8) is 0 Å². The highest BCUT2D eigenvalue weighted by Crippen LogP contribution is 2.31. The van der Waals surface area contributed by atoms with E-state index in [9.17, 15) is 9.90 Å². The van der Waals surface area contributed by atoms with Crippen molar-refractivity contribution in [1.29, 1.82) is 0 Å². The summed E-state index contributed by atoms with van der Waals surface area (Å²) in [5.74, 6) is 0.335. The summed E-state index contributed by atoms with van der Waals surface area (Å²) < 4.78 is 10.2. The van der Waals surface area contributed by atoms with Crippen molar-refractivity contribution < 1.29 is 24.5 Å². The number of hydrogen-bond acceptors (Lipinski definition) is 4. The minimum absolute atomic E-state index is 0.0450. The molecule has 0 fully saturated rings. The van der Waals surface area contributed by atoms with Crippen molar-refractivity contribution in [3.05, 3.63) is 23.8 Å². The molecule has 5 heteroatoms. The summed E-state index contributed by atoms with van der Waals surface area (Å²) in [7, 11) is 3.07. The average Bonchev–Trinajstić information content (AvgIpc) is 2.37. The molecule has 5 nitrogen and oxygen atoms in total. The number of aliphatic hydroxyl groups excluding tert-OH is 1. The Morgan fingerprint density at radius 1 is 1.33 bits per heavy atom. The predicted molar refractivity (Wildman–Crippen MR) is 66.0 cm³/mol. The second-order valence-electron chi connectivity index (χ2n) is 3.91. The molecule has 0 aliphatic heterocycles. The molecule has 0 saturated heterocycles. The van der Waals surface area contributed by atoms with Gasteiger partial charge in [0.15, 0.2) is 0 Å². The average molecular weight is 254 g/mol. The van der Waals surface area contributed by atoms with Crippen LogP contribution < -0.4 is 9.47 Å². The van der Waals surface area contributed by atoms with E-state index in [1.165, 1.54) is 7.11 Å². The second kappa shape index (κ2) is 6.86. The zero-order valence-electron chi connectivity index (χ0n) is 10.5. The molecule has 0 aliphatic carbocycles. The van der Waals surface area contributed by atoms with E-state index in [-0.39, 0.29) is 6.42 Å². The van der Waals surface area contributed by atoms with Gasteiger partial charge in [-0.15, -0.1) is 0 Å². The van der Waals surface area contributed by atoms with Crippen LogP contribution in [0.5, 0.6) is 11.5 Å². The zero-order chi connectivity index (χ0) is 13.5. The van der Waals surface area contributed by atoms with Gasteiger partial charge in [0, 0.05) is 12.0 Å². The number of benzene rings is 1. The van der Waals surface area contributed by atoms with Crippen LogP contribution in [0.15, 0.2) is 18.2 Å². The van der Waals surface area contributed by atoms with Crippen molar-refractivity contribution in [2.75, 3.05) is 14.2 Å². The Morgan fingerprint density at radius 3 is 2.61 bits per heavy atom. The Labute approximate surface area is 106 Å². The largest absolute Gasteiger partial charge is 0.497 e. The highest BCUT2D eigenvalue weighted by Gasteiger charge is 2.14. The molecule has 0 aliphatic rings. The predicted octanol–water partition coefficient (Wildman–Crippen LogP) is 1.99. The van der Waals surface area contributed by atoms with E-state index in [1.54, 1.807) is 25.3 Å². The van der Waals surface area contributed by atoms with E-state index in [0.717, 1.165) is 0 Å². The number of methoxy groups -OCH3 is 2. The maximum atomic E-state index is 10.4. The summed E-state index contributed by atoms with van der Waals surface area (Å²) in [4.78, 5) is 10.4. The first-order valence-corrected chi connectivity index (χ1v) is 5.70. The molecular formula is C13H18O5. The van der Waals surface area contributed by atoms with Crippen LogP contribution in [0.2, 0.25) is 0 Å². The molecule has 0 spiro atoms. The molecule has 0 aromatic heterocycles. The summed E-state index contributed by atoms with van der Waals surface area (Å²) in [6, 6.07) is 5.16. The van der Waals surface area contributed by atoms with Gasteiger partial charge in [0.05, 0.1) is 20.3 Å². The van der Waals surface area contributed by atoms with Crippen LogP contribution >= 0.6 is 0 Å². The van der Waals surface area contributed by atoms with E-state index >= 15 is 0 Å². The molecule has 0 bridgehead atoms. The fraction of sp³-hybridized carbons (Fsp3) is 0.462. The standard InChI is InChI=1S/C13H18O5/c1-17-9-6-7-12(18-2)10(8-9)11(14)4-3-5-13(15)16/h6-8,11,14H,3-5H2,1-2H3,(H,15,16). The third-order valence-corrected chi connectivity index (χ3v) is 2.66. The monoisotopic (exact) mass is 254 g/mol. The Balaban J connectivity index is 2.75. The molecule has 1 unspecified atom stereocenters. The molecule has 0 saturated carbocycles. The normalized spacial score (nSPS) is 11.9. The van der Waals surface area contributed by atoms with E-state index < -0.39 is 12.1 Å². The Morgan fingerprint density at radius 2 is 2.06 bits per heavy atom. The highest BCUT2D eigenvalue weighted by molar-refractivity contribution is 5.66. The number of aliphatic hydroxyl groups is 1. The number of carboxylic acids is 1. The molecule has 0 radical (unpaired) electrons. The number of aliphatic carboxylic acids is 1. The van der Waals surface area contributed by atoms with Crippen LogP contribution in [0.25, 0.3) is 0 Å². The van der Waals surface area contributed by atoms with Crippen LogP contribution in [0, 0.1) is 0 Å². The third-order valence-electron chi connectivity index (χ3n) is 2.66. The van der Waals surface area contributed by atoms with E-state index in [4.69, 9.17) is 14.6 Å². The summed E-state index contributed by atoms with van der Waals surface area (Å²) in [6.45, 7) is 0. The van der Waals surface area contributed by atoms with Crippen LogP contribution in [0.1, 0.15) is 30.9 Å². The van der Waals surface area contributed by atoms with Gasteiger partial charge in [0.25, 0.3) is 0 Å². The first-order chi connectivity index (χ1) is 8.58. The summed E-state index contributed by atoms with van der Waals surface area (Å²) in [5.41, 5.74) is 0.613. The van der Waals surface area contributed by atoms with Gasteiger partial charge in [-0.1, -0.05) is 0 Å². The number of hydrogen-bond donors (Lipinski definition) is 2. The molecule has 0 heterocycles. The van der Waals surface area contributed by atoms with E-state index in [0.29, 0.717) is 29.9 Å². The fourth-order valence-corrected chi connectivity index (χ4v) is 1.70. The molecule has 1 aromatic carbocycles. The van der Waals surface area contributed by atoms with Gasteiger partial charge in [-0.3, -0.25) is 4.79 Å². The number of ether oxygens (including phenoxy) is 2. The Hall–Kier alpha value is -1.75. The topological polar surface area (TPSA) is 76.0 Å². The molecule has 18 heavy (non-hydrogen) atoms.